The smallest absolute Gasteiger partial charge is 0.330 e. The molecular formula is C24H29F4N3O4. The maximum absolute atomic E-state index is 13.6. The molecule has 2 saturated carbocycles. The summed E-state index contributed by atoms with van der Waals surface area (Å²) in [6.45, 7) is 0.293. The number of benzene rings is 1. The van der Waals surface area contributed by atoms with Crippen molar-refractivity contribution in [2.45, 2.75) is 70.0 Å². The number of carbonyl (C=O) groups excluding carboxylic acids is 3. The predicted octanol–water partition coefficient (Wildman–Crippen LogP) is 4.26. The fourth-order valence-corrected chi connectivity index (χ4v) is 5.56. The third-order valence-corrected chi connectivity index (χ3v) is 7.59. The third kappa shape index (κ3) is 5.76. The molecule has 7 nitrogen and oxygen atoms in total. The number of alkyl halides is 3. The van der Waals surface area contributed by atoms with Crippen LogP contribution in [0.1, 0.15) is 63.4 Å². The van der Waals surface area contributed by atoms with Crippen molar-refractivity contribution in [1.29, 1.82) is 0 Å². The molecule has 0 unspecified atom stereocenters. The largest absolute Gasteiger partial charge is 0.418 e. The van der Waals surface area contributed by atoms with Crippen molar-refractivity contribution in [1.82, 2.24) is 10.4 Å². The van der Waals surface area contributed by atoms with Crippen LogP contribution in [0.5, 0.6) is 0 Å². The minimum Gasteiger partial charge on any atom is -0.330 e. The number of rotatable bonds is 7. The lowest BCUT2D eigenvalue weighted by Crippen LogP contribution is -2.46. The van der Waals surface area contributed by atoms with Crippen molar-refractivity contribution in [2.24, 2.45) is 17.3 Å². The van der Waals surface area contributed by atoms with Crippen molar-refractivity contribution in [3.63, 3.8) is 0 Å². The Balaban J connectivity index is 1.55. The van der Waals surface area contributed by atoms with Crippen LogP contribution in [0.2, 0.25) is 0 Å². The molecule has 3 aliphatic rings. The number of halogens is 4. The molecule has 0 aromatic heterocycles. The number of hydrogen-bond acceptors (Lipinski definition) is 4. The molecule has 1 aromatic carbocycles. The highest BCUT2D eigenvalue weighted by Gasteiger charge is 2.56. The molecule has 35 heavy (non-hydrogen) atoms. The zero-order chi connectivity index (χ0) is 25.4. The van der Waals surface area contributed by atoms with Gasteiger partial charge in [0, 0.05) is 18.9 Å². The van der Waals surface area contributed by atoms with Crippen molar-refractivity contribution < 1.29 is 37.2 Å². The standard InChI is InChI=1S/C24H29F4N3O4/c25-16-5-6-18(17(11-16)24(26,27)28)29-21(33)19-12-23(7-8-23)13-31(19)22(34)15(10-20(32)30-35)9-14-3-1-2-4-14/h5-6,11,14-15,19,35H,1-4,7-10,12-13H2,(H,29,33)(H,30,32)/t15-,19+/m1/s1. The first-order valence-corrected chi connectivity index (χ1v) is 11.9. The van der Waals surface area contributed by atoms with E-state index in [1.165, 1.54) is 4.90 Å². The van der Waals surface area contributed by atoms with E-state index in [1.807, 2.05) is 0 Å². The highest BCUT2D eigenvalue weighted by molar-refractivity contribution is 5.99. The number of hydrogen-bond donors (Lipinski definition) is 3. The Morgan fingerprint density at radius 3 is 2.46 bits per heavy atom. The second-order valence-corrected chi connectivity index (χ2v) is 10.2. The summed E-state index contributed by atoms with van der Waals surface area (Å²) in [7, 11) is 0. The van der Waals surface area contributed by atoms with Gasteiger partial charge in [-0.2, -0.15) is 13.2 Å². The van der Waals surface area contributed by atoms with E-state index < -0.39 is 52.9 Å². The average molecular weight is 500 g/mol. The quantitative estimate of drug-likeness (QED) is 0.297. The Morgan fingerprint density at radius 1 is 1.17 bits per heavy atom. The Hall–Kier alpha value is -2.69. The molecule has 1 saturated heterocycles. The molecule has 1 aliphatic heterocycles. The van der Waals surface area contributed by atoms with Crippen molar-refractivity contribution >= 4 is 23.4 Å². The molecule has 2 atom stereocenters. The van der Waals surface area contributed by atoms with E-state index in [1.54, 1.807) is 5.48 Å². The summed E-state index contributed by atoms with van der Waals surface area (Å²) in [5.41, 5.74) is -0.564. The van der Waals surface area contributed by atoms with Crippen LogP contribution in [0.3, 0.4) is 0 Å². The molecule has 0 bridgehead atoms. The highest BCUT2D eigenvalue weighted by Crippen LogP contribution is 2.55. The second kappa shape index (κ2) is 9.75. The van der Waals surface area contributed by atoms with Crippen LogP contribution < -0.4 is 10.8 Å². The minimum absolute atomic E-state index is 0.236. The van der Waals surface area contributed by atoms with E-state index in [-0.39, 0.29) is 17.8 Å². The van der Waals surface area contributed by atoms with Gasteiger partial charge in [0.2, 0.25) is 17.7 Å². The van der Waals surface area contributed by atoms with Crippen LogP contribution in [0.25, 0.3) is 0 Å². The van der Waals surface area contributed by atoms with Gasteiger partial charge in [0.25, 0.3) is 0 Å². The number of carbonyl (C=O) groups is 3. The van der Waals surface area contributed by atoms with Crippen molar-refractivity contribution in [2.75, 3.05) is 11.9 Å². The summed E-state index contributed by atoms with van der Waals surface area (Å²) in [5, 5.41) is 11.3. The zero-order valence-electron chi connectivity index (χ0n) is 19.2. The van der Waals surface area contributed by atoms with Gasteiger partial charge >= 0.3 is 6.18 Å². The lowest BCUT2D eigenvalue weighted by atomic mass is 9.89. The molecule has 2 aliphatic carbocycles. The predicted molar refractivity (Wildman–Crippen MR) is 116 cm³/mol. The Labute approximate surface area is 200 Å². The topological polar surface area (TPSA) is 98.7 Å². The summed E-state index contributed by atoms with van der Waals surface area (Å²) in [5.74, 6) is -3.45. The van der Waals surface area contributed by atoms with Crippen LogP contribution in [0.15, 0.2) is 18.2 Å². The molecule has 3 fully saturated rings. The van der Waals surface area contributed by atoms with Gasteiger partial charge in [-0.25, -0.2) is 9.87 Å². The maximum atomic E-state index is 13.6. The first-order chi connectivity index (χ1) is 16.5. The van der Waals surface area contributed by atoms with Gasteiger partial charge in [-0.05, 0) is 55.2 Å². The lowest BCUT2D eigenvalue weighted by molar-refractivity contribution is -0.144. The van der Waals surface area contributed by atoms with Gasteiger partial charge in [0.05, 0.1) is 11.3 Å². The summed E-state index contributed by atoms with van der Waals surface area (Å²) in [6.07, 6.45) is 1.19. The maximum Gasteiger partial charge on any atom is 0.418 e. The van der Waals surface area contributed by atoms with Crippen LogP contribution in [0.4, 0.5) is 23.2 Å². The Bertz CT molecular complexity index is 989. The number of amides is 3. The summed E-state index contributed by atoms with van der Waals surface area (Å²) in [4.78, 5) is 40.1. The lowest BCUT2D eigenvalue weighted by Gasteiger charge is -2.29. The summed E-state index contributed by atoms with van der Waals surface area (Å²) >= 11 is 0. The molecule has 1 aromatic rings. The number of hydroxylamine groups is 1. The molecular weight excluding hydrogens is 470 g/mol. The van der Waals surface area contributed by atoms with Gasteiger partial charge < -0.3 is 10.2 Å². The summed E-state index contributed by atoms with van der Waals surface area (Å²) in [6, 6.07) is 1.01. The SMILES string of the molecule is O=C(C[C@@H](CC1CCCC1)C(=O)N1CC2(CC2)C[C@H]1C(=O)Nc1ccc(F)cc1C(F)(F)F)NO. The van der Waals surface area contributed by atoms with E-state index >= 15 is 0 Å². The first-order valence-electron chi connectivity index (χ1n) is 11.9. The third-order valence-electron chi connectivity index (χ3n) is 7.59. The molecule has 1 spiro atoms. The van der Waals surface area contributed by atoms with Crippen LogP contribution in [-0.4, -0.2) is 40.4 Å². The number of likely N-dealkylation sites (tertiary alicyclic amines) is 1. The van der Waals surface area contributed by atoms with E-state index in [9.17, 15) is 31.9 Å². The second-order valence-electron chi connectivity index (χ2n) is 10.2. The Kier molecular flexibility index (Phi) is 7.08. The number of nitrogens with one attached hydrogen (secondary N) is 2. The number of nitrogens with zero attached hydrogens (tertiary/aromatic N) is 1. The van der Waals surface area contributed by atoms with Crippen LogP contribution in [-0.2, 0) is 20.6 Å². The van der Waals surface area contributed by atoms with Gasteiger partial charge in [-0.3, -0.25) is 19.6 Å². The normalized spacial score (nSPS) is 22.3. The highest BCUT2D eigenvalue weighted by atomic mass is 19.4. The molecule has 4 rings (SSSR count). The molecule has 3 N–H and O–H groups in total. The fraction of sp³-hybridized carbons (Fsp3) is 0.625. The van der Waals surface area contributed by atoms with E-state index in [0.29, 0.717) is 25.5 Å². The van der Waals surface area contributed by atoms with Gasteiger partial charge in [-0.1, -0.05) is 25.7 Å². The van der Waals surface area contributed by atoms with E-state index in [4.69, 9.17) is 5.21 Å². The van der Waals surface area contributed by atoms with Crippen LogP contribution >= 0.6 is 0 Å². The van der Waals surface area contributed by atoms with E-state index in [0.717, 1.165) is 50.7 Å². The average Bonchev–Trinajstić information content (AvgIpc) is 3.18. The molecule has 192 valence electrons. The van der Waals surface area contributed by atoms with Crippen molar-refractivity contribution in [3.8, 4) is 0 Å². The first kappa shape index (κ1) is 25.4. The fourth-order valence-electron chi connectivity index (χ4n) is 5.56. The zero-order valence-corrected chi connectivity index (χ0v) is 19.2. The number of anilines is 1. The molecule has 0 radical (unpaired) electrons. The van der Waals surface area contributed by atoms with Gasteiger partial charge in [0.15, 0.2) is 0 Å². The summed E-state index contributed by atoms with van der Waals surface area (Å²) < 4.78 is 53.7. The Morgan fingerprint density at radius 2 is 1.86 bits per heavy atom. The monoisotopic (exact) mass is 499 g/mol. The van der Waals surface area contributed by atoms with Gasteiger partial charge in [0.1, 0.15) is 11.9 Å². The van der Waals surface area contributed by atoms with Gasteiger partial charge in [-0.15, -0.1) is 0 Å². The molecule has 3 amide bonds. The van der Waals surface area contributed by atoms with Crippen LogP contribution in [0, 0.1) is 23.1 Å². The molecule has 1 heterocycles. The molecule has 11 heteroatoms. The van der Waals surface area contributed by atoms with E-state index in [2.05, 4.69) is 5.32 Å². The van der Waals surface area contributed by atoms with Crippen molar-refractivity contribution in [3.05, 3.63) is 29.6 Å². The minimum atomic E-state index is -4.88.